The van der Waals surface area contributed by atoms with Crippen LogP contribution in [0, 0.1) is 0 Å². The van der Waals surface area contributed by atoms with E-state index < -0.39 is 10.0 Å². The predicted molar refractivity (Wildman–Crippen MR) is 94.4 cm³/mol. The summed E-state index contributed by atoms with van der Waals surface area (Å²) in [6.45, 7) is 4.15. The van der Waals surface area contributed by atoms with Gasteiger partial charge in [0.1, 0.15) is 5.75 Å². The van der Waals surface area contributed by atoms with Gasteiger partial charge in [0.05, 0.1) is 11.5 Å². The number of nitrogens with zero attached hydrogens (tertiary/aromatic N) is 1. The molecular formula is C17H30N2O3S. The van der Waals surface area contributed by atoms with Gasteiger partial charge in [-0.3, -0.25) is 0 Å². The van der Waals surface area contributed by atoms with Crippen molar-refractivity contribution >= 4 is 10.0 Å². The first-order valence-corrected chi connectivity index (χ1v) is 9.81. The molecule has 6 heteroatoms. The molecule has 23 heavy (non-hydrogen) atoms. The van der Waals surface area contributed by atoms with Crippen LogP contribution in [0.1, 0.15) is 39.0 Å². The summed E-state index contributed by atoms with van der Waals surface area (Å²) in [5, 5.41) is 0. The molecule has 1 aromatic carbocycles. The zero-order valence-corrected chi connectivity index (χ0v) is 15.4. The molecule has 1 aromatic rings. The fraction of sp³-hybridized carbons (Fsp3) is 0.647. The number of nitrogens with one attached hydrogen (secondary N) is 1. The highest BCUT2D eigenvalue weighted by Crippen LogP contribution is 2.16. The summed E-state index contributed by atoms with van der Waals surface area (Å²) in [6, 6.07) is 6.62. The average Bonchev–Trinajstić information content (AvgIpc) is 2.52. The van der Waals surface area contributed by atoms with Crippen molar-refractivity contribution in [2.24, 2.45) is 0 Å². The molecule has 0 bridgehead atoms. The van der Waals surface area contributed by atoms with E-state index in [0.717, 1.165) is 19.4 Å². The molecule has 0 saturated carbocycles. The smallest absolute Gasteiger partial charge is 0.240 e. The zero-order valence-electron chi connectivity index (χ0n) is 14.5. The minimum atomic E-state index is -3.43. The van der Waals surface area contributed by atoms with Gasteiger partial charge < -0.3 is 9.64 Å². The van der Waals surface area contributed by atoms with E-state index in [1.807, 2.05) is 19.0 Å². The first-order valence-electron chi connectivity index (χ1n) is 8.33. The fourth-order valence-corrected chi connectivity index (χ4v) is 3.19. The Balaban J connectivity index is 2.41. The van der Waals surface area contributed by atoms with Gasteiger partial charge in [0.15, 0.2) is 0 Å². The third kappa shape index (κ3) is 8.34. The highest BCUT2D eigenvalue weighted by atomic mass is 32.2. The van der Waals surface area contributed by atoms with Gasteiger partial charge in [-0.15, -0.1) is 0 Å². The van der Waals surface area contributed by atoms with Crippen molar-refractivity contribution in [2.75, 3.05) is 33.8 Å². The van der Waals surface area contributed by atoms with Crippen LogP contribution < -0.4 is 9.46 Å². The molecule has 0 amide bonds. The summed E-state index contributed by atoms with van der Waals surface area (Å²) in [4.78, 5) is 2.31. The number of sulfonamides is 1. The van der Waals surface area contributed by atoms with Crippen LogP contribution in [0.3, 0.4) is 0 Å². The van der Waals surface area contributed by atoms with Gasteiger partial charge in [0.25, 0.3) is 0 Å². The second kappa shape index (κ2) is 10.6. The maximum Gasteiger partial charge on any atom is 0.240 e. The van der Waals surface area contributed by atoms with Gasteiger partial charge in [0.2, 0.25) is 10.0 Å². The lowest BCUT2D eigenvalue weighted by atomic mass is 10.2. The first kappa shape index (κ1) is 19.9. The molecule has 0 radical (unpaired) electrons. The molecule has 0 fully saturated rings. The van der Waals surface area contributed by atoms with Crippen molar-refractivity contribution in [3.63, 3.8) is 0 Å². The molecule has 0 aliphatic heterocycles. The maximum atomic E-state index is 12.2. The van der Waals surface area contributed by atoms with E-state index in [4.69, 9.17) is 4.74 Å². The lowest BCUT2D eigenvalue weighted by Gasteiger charge is -2.11. The minimum Gasteiger partial charge on any atom is -0.494 e. The summed E-state index contributed by atoms with van der Waals surface area (Å²) < 4.78 is 32.6. The molecule has 0 saturated heterocycles. The van der Waals surface area contributed by atoms with E-state index in [-0.39, 0.29) is 4.90 Å². The Morgan fingerprint density at radius 2 is 1.74 bits per heavy atom. The van der Waals surface area contributed by atoms with Gasteiger partial charge in [-0.1, -0.05) is 26.2 Å². The van der Waals surface area contributed by atoms with Gasteiger partial charge in [-0.2, -0.15) is 0 Å². The highest BCUT2D eigenvalue weighted by molar-refractivity contribution is 7.89. The van der Waals surface area contributed by atoms with Crippen LogP contribution in [0.25, 0.3) is 0 Å². The molecule has 5 nitrogen and oxygen atoms in total. The maximum absolute atomic E-state index is 12.2. The Morgan fingerprint density at radius 1 is 1.04 bits per heavy atom. The Bertz CT molecular complexity index is 527. The van der Waals surface area contributed by atoms with Crippen molar-refractivity contribution in [1.82, 2.24) is 9.62 Å². The van der Waals surface area contributed by atoms with Gasteiger partial charge in [-0.25, -0.2) is 13.1 Å². The van der Waals surface area contributed by atoms with Crippen LogP contribution in [-0.4, -0.2) is 47.1 Å². The van der Waals surface area contributed by atoms with E-state index in [2.05, 4.69) is 11.6 Å². The minimum absolute atomic E-state index is 0.278. The monoisotopic (exact) mass is 342 g/mol. The van der Waals surface area contributed by atoms with Crippen LogP contribution in [-0.2, 0) is 10.0 Å². The van der Waals surface area contributed by atoms with E-state index in [1.54, 1.807) is 24.3 Å². The molecule has 1 N–H and O–H groups in total. The van der Waals surface area contributed by atoms with Gasteiger partial charge >= 0.3 is 0 Å². The fourth-order valence-electron chi connectivity index (χ4n) is 2.12. The Labute approximate surface area is 141 Å². The predicted octanol–water partition coefficient (Wildman–Crippen LogP) is 2.88. The number of rotatable bonds is 12. The molecule has 0 aliphatic carbocycles. The summed E-state index contributed by atoms with van der Waals surface area (Å²) >= 11 is 0. The van der Waals surface area contributed by atoms with Crippen molar-refractivity contribution in [1.29, 1.82) is 0 Å². The second-order valence-electron chi connectivity index (χ2n) is 5.94. The molecule has 1 rings (SSSR count). The largest absolute Gasteiger partial charge is 0.494 e. The van der Waals surface area contributed by atoms with Crippen molar-refractivity contribution in [3.05, 3.63) is 24.3 Å². The second-order valence-corrected chi connectivity index (χ2v) is 7.70. The summed E-state index contributed by atoms with van der Waals surface area (Å²) in [5.74, 6) is 0.716. The molecular weight excluding hydrogens is 312 g/mol. The zero-order chi connectivity index (χ0) is 17.1. The Kier molecular flexibility index (Phi) is 9.21. The van der Waals surface area contributed by atoms with E-state index >= 15 is 0 Å². The van der Waals surface area contributed by atoms with Gasteiger partial charge in [-0.05, 0) is 57.7 Å². The van der Waals surface area contributed by atoms with Crippen molar-refractivity contribution in [2.45, 2.75) is 43.9 Å². The molecule has 132 valence electrons. The van der Waals surface area contributed by atoms with Crippen LogP contribution in [0.15, 0.2) is 29.2 Å². The van der Waals surface area contributed by atoms with E-state index in [9.17, 15) is 8.42 Å². The SMILES string of the molecule is CCCCCCOc1ccc(S(=O)(=O)NCCCN(C)C)cc1. The number of benzene rings is 1. The topological polar surface area (TPSA) is 58.6 Å². The first-order chi connectivity index (χ1) is 11.0. The average molecular weight is 343 g/mol. The standard InChI is InChI=1S/C17H30N2O3S/c1-4-5-6-7-15-22-16-9-11-17(12-10-16)23(20,21)18-13-8-14-19(2)3/h9-12,18H,4-8,13-15H2,1-3H3. The molecule has 0 spiro atoms. The summed E-state index contributed by atoms with van der Waals surface area (Å²) in [5.41, 5.74) is 0. The van der Waals surface area contributed by atoms with Gasteiger partial charge in [0, 0.05) is 6.54 Å². The van der Waals surface area contributed by atoms with Crippen LogP contribution in [0.4, 0.5) is 0 Å². The number of unbranched alkanes of at least 4 members (excludes halogenated alkanes) is 3. The molecule has 0 atom stereocenters. The van der Waals surface area contributed by atoms with E-state index in [1.165, 1.54) is 19.3 Å². The number of ether oxygens (including phenoxy) is 1. The normalized spacial score (nSPS) is 11.8. The van der Waals surface area contributed by atoms with Crippen LogP contribution in [0.2, 0.25) is 0 Å². The third-order valence-electron chi connectivity index (χ3n) is 3.47. The molecule has 0 heterocycles. The quantitative estimate of drug-likeness (QED) is 0.593. The summed E-state index contributed by atoms with van der Waals surface area (Å²) in [7, 11) is 0.504. The van der Waals surface area contributed by atoms with Crippen LogP contribution >= 0.6 is 0 Å². The van der Waals surface area contributed by atoms with E-state index in [0.29, 0.717) is 18.9 Å². The molecule has 0 unspecified atom stereocenters. The van der Waals surface area contributed by atoms with Crippen molar-refractivity contribution < 1.29 is 13.2 Å². The molecule has 0 aliphatic rings. The number of hydrogen-bond acceptors (Lipinski definition) is 4. The Hall–Kier alpha value is -1.11. The molecule has 0 aromatic heterocycles. The highest BCUT2D eigenvalue weighted by Gasteiger charge is 2.13. The van der Waals surface area contributed by atoms with Crippen molar-refractivity contribution in [3.8, 4) is 5.75 Å². The lowest BCUT2D eigenvalue weighted by molar-refractivity contribution is 0.305. The lowest BCUT2D eigenvalue weighted by Crippen LogP contribution is -2.27. The number of hydrogen-bond donors (Lipinski definition) is 1. The summed E-state index contributed by atoms with van der Waals surface area (Å²) in [6.07, 6.45) is 5.40. The third-order valence-corrected chi connectivity index (χ3v) is 4.95. The van der Waals surface area contributed by atoms with Crippen LogP contribution in [0.5, 0.6) is 5.75 Å². The Morgan fingerprint density at radius 3 is 2.35 bits per heavy atom.